The van der Waals surface area contributed by atoms with Crippen LogP contribution in [0, 0.1) is 20.2 Å². The molecular weight excluding hydrogens is 484 g/mol. The van der Waals surface area contributed by atoms with Gasteiger partial charge in [0.05, 0.1) is 35.7 Å². The number of hydrogen-bond acceptors (Lipinski definition) is 8. The first kappa shape index (κ1) is 29.7. The van der Waals surface area contributed by atoms with Crippen LogP contribution in [0.15, 0.2) is 23.5 Å². The van der Waals surface area contributed by atoms with Crippen molar-refractivity contribution in [1.29, 1.82) is 0 Å². The lowest BCUT2D eigenvalue weighted by Gasteiger charge is -2.30. The van der Waals surface area contributed by atoms with Crippen LogP contribution in [0.25, 0.3) is 0 Å². The fourth-order valence-electron chi connectivity index (χ4n) is 3.96. The van der Waals surface area contributed by atoms with E-state index in [1.165, 1.54) is 56.0 Å². The molecule has 206 valence electrons. The number of nitro groups is 1. The molecule has 1 aliphatic rings. The number of unbranched alkanes of at least 4 members (excludes halogenated alkanes) is 9. The number of nitro benzene ring substituents is 1. The molecule has 0 spiro atoms. The molecule has 1 saturated heterocycles. The molecule has 1 aliphatic heterocycles. The van der Waals surface area contributed by atoms with Crippen LogP contribution in [0.4, 0.5) is 16.2 Å². The second-order valence-corrected chi connectivity index (χ2v) is 9.07. The van der Waals surface area contributed by atoms with Gasteiger partial charge in [0.15, 0.2) is 7.05 Å². The summed E-state index contributed by atoms with van der Waals surface area (Å²) in [5, 5.41) is 28.0. The van der Waals surface area contributed by atoms with Gasteiger partial charge in [0, 0.05) is 28.8 Å². The molecule has 13 heteroatoms. The number of carbonyl (C=O) groups is 1. The van der Waals surface area contributed by atoms with E-state index in [4.69, 9.17) is 9.57 Å². The van der Waals surface area contributed by atoms with Crippen molar-refractivity contribution in [3.8, 4) is 5.75 Å². The molecule has 0 N–H and O–H groups in total. The van der Waals surface area contributed by atoms with E-state index in [0.29, 0.717) is 11.4 Å². The number of rotatable bonds is 16. The fraction of sp³-hybridized carbons (Fsp3) is 0.708. The van der Waals surface area contributed by atoms with Gasteiger partial charge in [-0.1, -0.05) is 64.7 Å². The second kappa shape index (κ2) is 16.3. The summed E-state index contributed by atoms with van der Waals surface area (Å²) in [6.45, 7) is 3.63. The van der Waals surface area contributed by atoms with E-state index in [2.05, 4.69) is 12.2 Å². The number of carbonyl (C=O) groups excluding carboxylic acids is 1. The summed E-state index contributed by atoms with van der Waals surface area (Å²) in [5.74, 6) is -0.0989. The lowest BCUT2D eigenvalue weighted by Crippen LogP contribution is -2.50. The number of ether oxygens (including phenoxy) is 1. The molecule has 0 saturated carbocycles. The number of amides is 1. The van der Waals surface area contributed by atoms with Crippen LogP contribution in [-0.2, 0) is 4.74 Å². The first-order valence-corrected chi connectivity index (χ1v) is 13.0. The zero-order valence-electron chi connectivity index (χ0n) is 21.9. The maximum atomic E-state index is 12.3. The Hall–Kier alpha value is -3.51. The predicted molar refractivity (Wildman–Crippen MR) is 135 cm³/mol. The zero-order chi connectivity index (χ0) is 27.0. The Morgan fingerprint density at radius 3 is 2.11 bits per heavy atom. The summed E-state index contributed by atoms with van der Waals surface area (Å²) in [6.07, 6.45) is 11.7. The molecule has 1 heterocycles. The van der Waals surface area contributed by atoms with Crippen molar-refractivity contribution in [1.82, 2.24) is 9.91 Å². The molecule has 37 heavy (non-hydrogen) atoms. The van der Waals surface area contributed by atoms with E-state index in [1.54, 1.807) is 4.90 Å². The van der Waals surface area contributed by atoms with Crippen LogP contribution in [0.1, 0.15) is 71.1 Å². The van der Waals surface area contributed by atoms with Gasteiger partial charge < -0.3 is 14.8 Å². The molecule has 0 radical (unpaired) electrons. The standard InChI is InChI=1S/C24H39N6O7/c1-3-4-5-6-7-8-9-10-11-12-19-36-24(31)27-15-17-28(18-16-27)30(35)25-37-23-14-13-21(29(33)34)20-22(23)26(2)32/h13-14,20H,3-12,15-19H2,1-2H3/q+1/b30-25-. The third kappa shape index (κ3) is 10.6. The van der Waals surface area contributed by atoms with Gasteiger partial charge in [-0.2, -0.15) is 0 Å². The van der Waals surface area contributed by atoms with Crippen molar-refractivity contribution < 1.29 is 29.0 Å². The third-order valence-corrected chi connectivity index (χ3v) is 6.18. The first-order chi connectivity index (χ1) is 17.8. The molecule has 1 aromatic rings. The minimum absolute atomic E-state index is 0.0989. The van der Waals surface area contributed by atoms with E-state index < -0.39 is 11.0 Å². The highest BCUT2D eigenvalue weighted by molar-refractivity contribution is 5.67. The van der Waals surface area contributed by atoms with Crippen LogP contribution in [0.2, 0.25) is 0 Å². The van der Waals surface area contributed by atoms with Crippen molar-refractivity contribution >= 4 is 17.5 Å². The highest BCUT2D eigenvalue weighted by Crippen LogP contribution is 2.30. The Morgan fingerprint density at radius 1 is 0.946 bits per heavy atom. The lowest BCUT2D eigenvalue weighted by molar-refractivity contribution is -0.708. The van der Waals surface area contributed by atoms with E-state index in [0.717, 1.165) is 38.4 Å². The molecule has 0 unspecified atom stereocenters. The Bertz CT molecular complexity index is 919. The summed E-state index contributed by atoms with van der Waals surface area (Å²) in [5.41, 5.74) is -0.429. The minimum Gasteiger partial charge on any atom is -0.569 e. The number of benzene rings is 1. The van der Waals surface area contributed by atoms with Gasteiger partial charge in [0.2, 0.25) is 11.0 Å². The third-order valence-electron chi connectivity index (χ3n) is 6.18. The van der Waals surface area contributed by atoms with E-state index in [9.17, 15) is 25.0 Å². The summed E-state index contributed by atoms with van der Waals surface area (Å²) in [6, 6.07) is 3.38. The highest BCUT2D eigenvalue weighted by atomic mass is 16.7. The van der Waals surface area contributed by atoms with Gasteiger partial charge in [-0.15, -0.1) is 5.01 Å². The van der Waals surface area contributed by atoms with E-state index in [-0.39, 0.29) is 48.3 Å². The van der Waals surface area contributed by atoms with Gasteiger partial charge in [-0.05, 0) is 12.5 Å². The molecule has 0 aromatic heterocycles. The number of non-ortho nitro benzene ring substituents is 1. The minimum atomic E-state index is -0.643. The van der Waals surface area contributed by atoms with E-state index in [1.807, 2.05) is 0 Å². The normalized spacial score (nSPS) is 13.9. The average Bonchev–Trinajstić information content (AvgIpc) is 2.90. The smallest absolute Gasteiger partial charge is 0.409 e. The Morgan fingerprint density at radius 2 is 1.54 bits per heavy atom. The van der Waals surface area contributed by atoms with Gasteiger partial charge in [0.1, 0.15) is 0 Å². The SMILES string of the molecule is CCCCCCCCCCCCOC(=O)N1CCN(/[N+]([O-])=N/Oc2ccc([N+](=O)[O-])cc2[N+](C)=O)CC1. The van der Waals surface area contributed by atoms with Gasteiger partial charge in [-0.25, -0.2) is 4.79 Å². The average molecular weight is 524 g/mol. The molecule has 0 aliphatic carbocycles. The van der Waals surface area contributed by atoms with Crippen LogP contribution in [0.3, 0.4) is 0 Å². The number of nitrogens with zero attached hydrogens (tertiary/aromatic N) is 6. The van der Waals surface area contributed by atoms with Gasteiger partial charge in [-0.3, -0.25) is 15.0 Å². The van der Waals surface area contributed by atoms with Crippen LogP contribution < -0.4 is 4.84 Å². The predicted octanol–water partition coefficient (Wildman–Crippen LogP) is 5.48. The van der Waals surface area contributed by atoms with Crippen molar-refractivity contribution in [3.63, 3.8) is 0 Å². The van der Waals surface area contributed by atoms with Crippen molar-refractivity contribution in [2.24, 2.45) is 5.28 Å². The van der Waals surface area contributed by atoms with Gasteiger partial charge in [0.25, 0.3) is 5.69 Å². The summed E-state index contributed by atoms with van der Waals surface area (Å²) in [7, 11) is 1.15. The van der Waals surface area contributed by atoms with Gasteiger partial charge >= 0.3 is 11.8 Å². The molecule has 0 atom stereocenters. The summed E-state index contributed by atoms with van der Waals surface area (Å²) in [4.78, 5) is 41.1. The summed E-state index contributed by atoms with van der Waals surface area (Å²) >= 11 is 0. The topological polar surface area (TPSA) is 144 Å². The molecule has 1 fully saturated rings. The van der Waals surface area contributed by atoms with Crippen LogP contribution in [0.5, 0.6) is 5.75 Å². The number of hydrazine groups is 1. The molecule has 13 nitrogen and oxygen atoms in total. The number of nitroso groups, excluding NO2 is 1. The van der Waals surface area contributed by atoms with Crippen molar-refractivity contribution in [2.75, 3.05) is 39.8 Å². The van der Waals surface area contributed by atoms with Crippen LogP contribution in [-0.4, -0.2) is 70.5 Å². The van der Waals surface area contributed by atoms with Crippen LogP contribution >= 0.6 is 0 Å². The Balaban J connectivity index is 1.66. The molecular formula is C24H39N6O7+. The molecule has 1 amide bonds. The zero-order valence-corrected chi connectivity index (χ0v) is 21.9. The van der Waals surface area contributed by atoms with E-state index >= 15 is 0 Å². The molecule has 2 rings (SSSR count). The van der Waals surface area contributed by atoms with Crippen molar-refractivity contribution in [2.45, 2.75) is 71.1 Å². The highest BCUT2D eigenvalue weighted by Gasteiger charge is 2.27. The Kier molecular flexibility index (Phi) is 13.1. The maximum absolute atomic E-state index is 12.3. The first-order valence-electron chi connectivity index (χ1n) is 13.0. The Labute approximate surface area is 217 Å². The quantitative estimate of drug-likeness (QED) is 0.0910. The monoisotopic (exact) mass is 523 g/mol. The van der Waals surface area contributed by atoms with Crippen molar-refractivity contribution in [3.05, 3.63) is 38.4 Å². The maximum Gasteiger partial charge on any atom is 0.409 e. The largest absolute Gasteiger partial charge is 0.569 e. The molecule has 1 aromatic carbocycles. The number of piperazine rings is 1. The fourth-order valence-corrected chi connectivity index (χ4v) is 3.96. The number of hydrogen-bond donors (Lipinski definition) is 0. The second-order valence-electron chi connectivity index (χ2n) is 9.07. The molecule has 0 bridgehead atoms. The lowest BCUT2D eigenvalue weighted by atomic mass is 10.1. The summed E-state index contributed by atoms with van der Waals surface area (Å²) < 4.78 is 5.74.